The molecule has 0 saturated carbocycles. The van der Waals surface area contributed by atoms with E-state index in [1.165, 1.54) is 24.0 Å². The van der Waals surface area contributed by atoms with E-state index in [1.54, 1.807) is 7.11 Å². The van der Waals surface area contributed by atoms with Gasteiger partial charge in [0.15, 0.2) is 5.82 Å². The molecule has 3 aromatic rings. The summed E-state index contributed by atoms with van der Waals surface area (Å²) in [5.74, 6) is -0.566. The number of carboxylic acid groups (broad SMARTS) is 1. The molecule has 0 amide bonds. The lowest BCUT2D eigenvalue weighted by Gasteiger charge is -2.47. The molecule has 0 aliphatic carbocycles. The van der Waals surface area contributed by atoms with Gasteiger partial charge in [0.1, 0.15) is 5.82 Å². The van der Waals surface area contributed by atoms with E-state index < -0.39 is 12.1 Å². The Labute approximate surface area is 216 Å². The SMILES string of the molecule is COc1nc(N2CC3CC(C2)O3)cc(-n2ncc3cc(C)c(C4CCNCC4)cc32)n1.O=C(O)C(F)(F)F. The van der Waals surface area contributed by atoms with Crippen molar-refractivity contribution in [3.63, 3.8) is 0 Å². The molecule has 4 saturated heterocycles. The van der Waals surface area contributed by atoms with Crippen molar-refractivity contribution in [2.45, 2.75) is 50.5 Å². The van der Waals surface area contributed by atoms with Crippen LogP contribution in [0, 0.1) is 6.92 Å². The Hall–Kier alpha value is -3.45. The molecule has 2 bridgehead atoms. The molecule has 6 heterocycles. The predicted molar refractivity (Wildman–Crippen MR) is 132 cm³/mol. The van der Waals surface area contributed by atoms with E-state index in [2.05, 4.69) is 39.2 Å². The predicted octanol–water partition coefficient (Wildman–Crippen LogP) is 3.21. The van der Waals surface area contributed by atoms with E-state index >= 15 is 0 Å². The highest BCUT2D eigenvalue weighted by atomic mass is 19.4. The number of halogens is 3. The number of fused-ring (bicyclic) bond motifs is 3. The Morgan fingerprint density at radius 2 is 1.76 bits per heavy atom. The zero-order chi connectivity index (χ0) is 27.0. The smallest absolute Gasteiger partial charge is 0.475 e. The number of ether oxygens (including phenoxy) is 2. The molecule has 0 radical (unpaired) electrons. The summed E-state index contributed by atoms with van der Waals surface area (Å²) >= 11 is 0. The molecular weight excluding hydrogens is 505 g/mol. The van der Waals surface area contributed by atoms with Crippen LogP contribution in [-0.2, 0) is 9.53 Å². The van der Waals surface area contributed by atoms with Crippen LogP contribution in [0.5, 0.6) is 6.01 Å². The van der Waals surface area contributed by atoms with E-state index in [0.29, 0.717) is 24.1 Å². The van der Waals surface area contributed by atoms with Gasteiger partial charge in [-0.1, -0.05) is 0 Å². The van der Waals surface area contributed by atoms with E-state index in [4.69, 9.17) is 24.5 Å². The van der Waals surface area contributed by atoms with Crippen LogP contribution in [0.15, 0.2) is 24.4 Å². The summed E-state index contributed by atoms with van der Waals surface area (Å²) in [5.41, 5.74) is 3.84. The van der Waals surface area contributed by atoms with Crippen molar-refractivity contribution in [2.24, 2.45) is 0 Å². The number of alkyl halides is 3. The molecule has 2 unspecified atom stereocenters. The zero-order valence-electron chi connectivity index (χ0n) is 21.0. The number of nitrogens with one attached hydrogen (secondary N) is 1. The number of anilines is 1. The van der Waals surface area contributed by atoms with E-state index in [-0.39, 0.29) is 0 Å². The molecule has 7 rings (SSSR count). The van der Waals surface area contributed by atoms with Crippen LogP contribution in [0.1, 0.15) is 36.3 Å². The molecule has 13 heteroatoms. The van der Waals surface area contributed by atoms with Crippen LogP contribution >= 0.6 is 0 Å². The number of hydrogen-bond donors (Lipinski definition) is 2. The number of aromatic nitrogens is 4. The first-order chi connectivity index (χ1) is 18.1. The number of carboxylic acids is 1. The molecule has 4 aliphatic rings. The summed E-state index contributed by atoms with van der Waals surface area (Å²) in [4.78, 5) is 20.4. The number of morpholine rings is 1. The first-order valence-electron chi connectivity index (χ1n) is 12.5. The van der Waals surface area contributed by atoms with Crippen molar-refractivity contribution >= 4 is 22.7 Å². The third-order valence-corrected chi connectivity index (χ3v) is 7.14. The van der Waals surface area contributed by atoms with Crippen LogP contribution in [0.4, 0.5) is 19.0 Å². The van der Waals surface area contributed by atoms with Crippen LogP contribution in [0.25, 0.3) is 16.7 Å². The van der Waals surface area contributed by atoms with Crippen LogP contribution in [0.3, 0.4) is 0 Å². The van der Waals surface area contributed by atoms with Gasteiger partial charge in [0.2, 0.25) is 0 Å². The third kappa shape index (κ3) is 5.39. The highest BCUT2D eigenvalue weighted by Gasteiger charge is 2.39. The van der Waals surface area contributed by atoms with Gasteiger partial charge in [-0.05, 0) is 62.0 Å². The maximum atomic E-state index is 10.6. The fourth-order valence-corrected chi connectivity index (χ4v) is 5.26. The average molecular weight is 535 g/mol. The molecule has 4 aliphatic heterocycles. The number of nitrogens with zero attached hydrogens (tertiary/aromatic N) is 5. The van der Waals surface area contributed by atoms with Gasteiger partial charge in [-0.2, -0.15) is 28.2 Å². The second kappa shape index (κ2) is 10.4. The van der Waals surface area contributed by atoms with Crippen molar-refractivity contribution < 1.29 is 32.5 Å². The standard InChI is InChI=1S/C23H28N6O2.C2HF3O2/c1-14-7-16-11-25-29(20(16)9-19(14)15-3-5-24-6-4-15)22-10-21(26-23(27-22)30-2)28-12-17-8-18(13-28)31-17;3-2(4,5)1(6)7/h7,9-11,15,17-18,24H,3-6,8,12-13H2,1-2H3;(H,6,7). The van der Waals surface area contributed by atoms with Gasteiger partial charge in [0, 0.05) is 31.0 Å². The van der Waals surface area contributed by atoms with Crippen LogP contribution in [-0.4, -0.2) is 82.5 Å². The summed E-state index contributed by atoms with van der Waals surface area (Å²) in [6.07, 6.45) is 0.950. The molecular formula is C25H29F3N6O4. The lowest BCUT2D eigenvalue weighted by atomic mass is 9.87. The third-order valence-electron chi connectivity index (χ3n) is 7.14. The number of aliphatic carboxylic acids is 1. The van der Waals surface area contributed by atoms with Crippen LogP contribution in [0.2, 0.25) is 0 Å². The molecule has 4 fully saturated rings. The minimum absolute atomic E-state index is 0.309. The molecule has 2 aromatic heterocycles. The Morgan fingerprint density at radius 3 is 2.37 bits per heavy atom. The number of aryl methyl sites for hydroxylation is 1. The Bertz CT molecular complexity index is 1310. The summed E-state index contributed by atoms with van der Waals surface area (Å²) in [5, 5.41) is 16.4. The number of methoxy groups -OCH3 is 1. The molecule has 1 aromatic carbocycles. The Morgan fingerprint density at radius 1 is 1.13 bits per heavy atom. The number of rotatable bonds is 4. The minimum Gasteiger partial charge on any atom is -0.475 e. The first-order valence-corrected chi connectivity index (χ1v) is 12.5. The van der Waals surface area contributed by atoms with Crippen molar-refractivity contribution in [2.75, 3.05) is 38.2 Å². The molecule has 2 atom stereocenters. The van der Waals surface area contributed by atoms with Crippen molar-refractivity contribution in [1.82, 2.24) is 25.1 Å². The van der Waals surface area contributed by atoms with E-state index in [1.807, 2.05) is 16.9 Å². The summed E-state index contributed by atoms with van der Waals surface area (Å²) < 4.78 is 44.9. The topological polar surface area (TPSA) is 115 Å². The van der Waals surface area contributed by atoms with Gasteiger partial charge in [-0.15, -0.1) is 0 Å². The maximum Gasteiger partial charge on any atom is 0.490 e. The normalized spacial score (nSPS) is 21.4. The summed E-state index contributed by atoms with van der Waals surface area (Å²) in [6, 6.07) is 6.95. The van der Waals surface area contributed by atoms with Crippen molar-refractivity contribution in [3.05, 3.63) is 35.5 Å². The van der Waals surface area contributed by atoms with E-state index in [0.717, 1.165) is 55.1 Å². The van der Waals surface area contributed by atoms with Crippen molar-refractivity contribution in [1.29, 1.82) is 0 Å². The molecule has 204 valence electrons. The average Bonchev–Trinajstić information content (AvgIpc) is 3.30. The largest absolute Gasteiger partial charge is 0.490 e. The van der Waals surface area contributed by atoms with E-state index in [9.17, 15) is 13.2 Å². The van der Waals surface area contributed by atoms with Gasteiger partial charge in [-0.3, -0.25) is 0 Å². The number of benzene rings is 1. The molecule has 2 N–H and O–H groups in total. The monoisotopic (exact) mass is 534 g/mol. The molecule has 38 heavy (non-hydrogen) atoms. The highest BCUT2D eigenvalue weighted by Crippen LogP contribution is 2.34. The maximum absolute atomic E-state index is 10.6. The molecule has 10 nitrogen and oxygen atoms in total. The second-order valence-electron chi connectivity index (χ2n) is 9.74. The Kier molecular flexibility index (Phi) is 7.14. The fraction of sp³-hybridized carbons (Fsp3) is 0.520. The van der Waals surface area contributed by atoms with Gasteiger partial charge in [0.05, 0.1) is 31.0 Å². The lowest BCUT2D eigenvalue weighted by molar-refractivity contribution is -0.192. The highest BCUT2D eigenvalue weighted by molar-refractivity contribution is 5.82. The van der Waals surface area contributed by atoms with Gasteiger partial charge < -0.3 is 24.8 Å². The van der Waals surface area contributed by atoms with Crippen LogP contribution < -0.4 is 15.0 Å². The minimum atomic E-state index is -5.08. The second-order valence-corrected chi connectivity index (χ2v) is 9.74. The summed E-state index contributed by atoms with van der Waals surface area (Å²) in [6.45, 7) is 6.08. The lowest BCUT2D eigenvalue weighted by Crippen LogP contribution is -2.57. The van der Waals surface area contributed by atoms with Gasteiger partial charge in [-0.25, -0.2) is 9.48 Å². The fourth-order valence-electron chi connectivity index (χ4n) is 5.26. The van der Waals surface area contributed by atoms with Crippen molar-refractivity contribution in [3.8, 4) is 11.8 Å². The van der Waals surface area contributed by atoms with Gasteiger partial charge in [0.25, 0.3) is 0 Å². The Balaban J connectivity index is 0.000000374. The van der Waals surface area contributed by atoms with Gasteiger partial charge >= 0.3 is 18.2 Å². The zero-order valence-corrected chi connectivity index (χ0v) is 21.0. The first kappa shape index (κ1) is 26.2. The summed E-state index contributed by atoms with van der Waals surface area (Å²) in [7, 11) is 1.61. The molecule has 0 spiro atoms. The quantitative estimate of drug-likeness (QED) is 0.521. The number of carbonyl (C=O) groups is 1. The number of piperidine rings is 2. The number of hydrogen-bond acceptors (Lipinski definition) is 8.